The summed E-state index contributed by atoms with van der Waals surface area (Å²) >= 11 is 0. The Morgan fingerprint density at radius 1 is 0.967 bits per heavy atom. The molecule has 2 atom stereocenters. The summed E-state index contributed by atoms with van der Waals surface area (Å²) in [7, 11) is 3.26. The average Bonchev–Trinajstić information content (AvgIpc) is 2.81. The van der Waals surface area contributed by atoms with Crippen molar-refractivity contribution in [3.63, 3.8) is 0 Å². The summed E-state index contributed by atoms with van der Waals surface area (Å²) in [5.41, 5.74) is 1.37. The van der Waals surface area contributed by atoms with Crippen LogP contribution in [0.5, 0.6) is 23.0 Å². The summed E-state index contributed by atoms with van der Waals surface area (Å²) in [5, 5.41) is 3.44. The maximum Gasteiger partial charge on any atom is 0.203 e. The zero-order valence-corrected chi connectivity index (χ0v) is 18.1. The molecule has 1 N–H and O–H groups in total. The van der Waals surface area contributed by atoms with Gasteiger partial charge in [-0.3, -0.25) is 0 Å². The zero-order valence-electron chi connectivity index (χ0n) is 18.1. The molecule has 0 aliphatic carbocycles. The van der Waals surface area contributed by atoms with Crippen molar-refractivity contribution in [1.29, 1.82) is 0 Å². The van der Waals surface area contributed by atoms with Gasteiger partial charge in [-0.15, -0.1) is 6.58 Å². The predicted octanol–water partition coefficient (Wildman–Crippen LogP) is 4.82. The Hall–Kier alpha value is -2.66. The van der Waals surface area contributed by atoms with Crippen LogP contribution in [0.2, 0.25) is 0 Å². The standard InChI is InChI=1S/C25H33NO4/c1-4-19-18-26-15-14-22(19)20-10-12-21(13-11-20)29-16-5-6-17-30-25-23(27-2)8-7-9-24(25)28-3/h4,7-13,19,22,26H,1,5-6,14-18H2,2-3H3/t19?,22-/m0/s1. The van der Waals surface area contributed by atoms with Crippen LogP contribution in [0.1, 0.15) is 30.7 Å². The molecule has 0 spiro atoms. The molecule has 0 saturated carbocycles. The lowest BCUT2D eigenvalue weighted by atomic mass is 9.81. The first-order valence-corrected chi connectivity index (χ1v) is 10.7. The normalized spacial score (nSPS) is 18.5. The fourth-order valence-electron chi connectivity index (χ4n) is 3.88. The van der Waals surface area contributed by atoms with Crippen molar-refractivity contribution in [2.75, 3.05) is 40.5 Å². The van der Waals surface area contributed by atoms with E-state index in [4.69, 9.17) is 18.9 Å². The van der Waals surface area contributed by atoms with Crippen molar-refractivity contribution in [2.24, 2.45) is 5.92 Å². The number of methoxy groups -OCH3 is 2. The Bertz CT molecular complexity index is 768. The monoisotopic (exact) mass is 411 g/mol. The highest BCUT2D eigenvalue weighted by atomic mass is 16.5. The number of piperidine rings is 1. The van der Waals surface area contributed by atoms with Crippen molar-refractivity contribution in [3.05, 3.63) is 60.7 Å². The van der Waals surface area contributed by atoms with Crippen molar-refractivity contribution < 1.29 is 18.9 Å². The summed E-state index contributed by atoms with van der Waals surface area (Å²) in [6, 6.07) is 14.2. The molecule has 1 aliphatic rings. The number of rotatable bonds is 11. The first-order chi connectivity index (χ1) is 14.8. The van der Waals surface area contributed by atoms with Gasteiger partial charge in [0.25, 0.3) is 0 Å². The van der Waals surface area contributed by atoms with Gasteiger partial charge in [0.2, 0.25) is 5.75 Å². The Morgan fingerprint density at radius 2 is 1.63 bits per heavy atom. The lowest BCUT2D eigenvalue weighted by Crippen LogP contribution is -2.34. The molecule has 5 nitrogen and oxygen atoms in total. The van der Waals surface area contributed by atoms with Gasteiger partial charge in [-0.2, -0.15) is 0 Å². The van der Waals surface area contributed by atoms with Gasteiger partial charge in [-0.25, -0.2) is 0 Å². The van der Waals surface area contributed by atoms with E-state index in [9.17, 15) is 0 Å². The summed E-state index contributed by atoms with van der Waals surface area (Å²) in [5.74, 6) is 3.95. The molecule has 2 aromatic rings. The third-order valence-corrected chi connectivity index (χ3v) is 5.58. The lowest BCUT2D eigenvalue weighted by Gasteiger charge is -2.30. The van der Waals surface area contributed by atoms with Crippen molar-refractivity contribution in [2.45, 2.75) is 25.2 Å². The van der Waals surface area contributed by atoms with E-state index in [2.05, 4.69) is 42.2 Å². The highest BCUT2D eigenvalue weighted by Crippen LogP contribution is 2.37. The van der Waals surface area contributed by atoms with Crippen LogP contribution in [-0.2, 0) is 0 Å². The minimum Gasteiger partial charge on any atom is -0.494 e. The van der Waals surface area contributed by atoms with E-state index in [1.165, 1.54) is 5.56 Å². The van der Waals surface area contributed by atoms with Crippen LogP contribution in [0.4, 0.5) is 0 Å². The van der Waals surface area contributed by atoms with Crippen LogP contribution < -0.4 is 24.3 Å². The summed E-state index contributed by atoms with van der Waals surface area (Å²) in [4.78, 5) is 0. The SMILES string of the molecule is C=CC1CNCC[C@@H]1c1ccc(OCCCCOc2c(OC)cccc2OC)cc1. The van der Waals surface area contributed by atoms with E-state index >= 15 is 0 Å². The van der Waals surface area contributed by atoms with Gasteiger partial charge in [-0.05, 0) is 67.5 Å². The van der Waals surface area contributed by atoms with Crippen molar-refractivity contribution >= 4 is 0 Å². The Labute approximate surface area is 180 Å². The Morgan fingerprint density at radius 3 is 2.27 bits per heavy atom. The second-order valence-corrected chi connectivity index (χ2v) is 7.46. The molecule has 3 rings (SSSR count). The molecule has 0 aromatic heterocycles. The van der Waals surface area contributed by atoms with E-state index in [1.807, 2.05) is 18.2 Å². The first-order valence-electron chi connectivity index (χ1n) is 10.7. The van der Waals surface area contributed by atoms with E-state index < -0.39 is 0 Å². The maximum absolute atomic E-state index is 5.91. The summed E-state index contributed by atoms with van der Waals surface area (Å²) < 4.78 is 22.5. The van der Waals surface area contributed by atoms with E-state index in [1.54, 1.807) is 14.2 Å². The van der Waals surface area contributed by atoms with Crippen LogP contribution in [0.25, 0.3) is 0 Å². The average molecular weight is 412 g/mol. The van der Waals surface area contributed by atoms with Crippen LogP contribution in [0.15, 0.2) is 55.1 Å². The van der Waals surface area contributed by atoms with Crippen molar-refractivity contribution in [1.82, 2.24) is 5.32 Å². The summed E-state index contributed by atoms with van der Waals surface area (Å²) in [6.07, 6.45) is 5.01. The number of ether oxygens (including phenoxy) is 4. The zero-order chi connectivity index (χ0) is 21.2. The van der Waals surface area contributed by atoms with E-state index in [0.29, 0.717) is 42.3 Å². The number of hydrogen-bond donors (Lipinski definition) is 1. The second-order valence-electron chi connectivity index (χ2n) is 7.46. The smallest absolute Gasteiger partial charge is 0.203 e. The molecule has 2 aromatic carbocycles. The Balaban J connectivity index is 1.40. The molecule has 1 fully saturated rings. The van der Waals surface area contributed by atoms with E-state index in [-0.39, 0.29) is 0 Å². The molecular formula is C25H33NO4. The fourth-order valence-corrected chi connectivity index (χ4v) is 3.88. The molecule has 30 heavy (non-hydrogen) atoms. The molecule has 0 amide bonds. The summed E-state index contributed by atoms with van der Waals surface area (Å²) in [6.45, 7) is 7.31. The van der Waals surface area contributed by atoms with Gasteiger partial charge in [0.05, 0.1) is 27.4 Å². The van der Waals surface area contributed by atoms with Gasteiger partial charge in [-0.1, -0.05) is 24.3 Å². The largest absolute Gasteiger partial charge is 0.494 e. The lowest BCUT2D eigenvalue weighted by molar-refractivity contribution is 0.249. The third kappa shape index (κ3) is 5.70. The Kier molecular flexibility index (Phi) is 8.45. The minimum atomic E-state index is 0.493. The van der Waals surface area contributed by atoms with Crippen LogP contribution >= 0.6 is 0 Å². The first kappa shape index (κ1) is 22.0. The molecule has 0 radical (unpaired) electrons. The molecule has 5 heteroatoms. The molecule has 1 heterocycles. The number of unbranched alkanes of at least 4 members (excludes halogenated alkanes) is 1. The minimum absolute atomic E-state index is 0.493. The van der Waals surface area contributed by atoms with Crippen LogP contribution in [0.3, 0.4) is 0 Å². The number of benzene rings is 2. The molecule has 1 unspecified atom stereocenters. The fraction of sp³-hybridized carbons (Fsp3) is 0.440. The molecule has 162 valence electrons. The topological polar surface area (TPSA) is 49.0 Å². The predicted molar refractivity (Wildman–Crippen MR) is 120 cm³/mol. The molecule has 1 aliphatic heterocycles. The van der Waals surface area contributed by atoms with Crippen molar-refractivity contribution in [3.8, 4) is 23.0 Å². The van der Waals surface area contributed by atoms with Gasteiger partial charge in [0.1, 0.15) is 5.75 Å². The van der Waals surface area contributed by atoms with Crippen LogP contribution in [0, 0.1) is 5.92 Å². The van der Waals surface area contributed by atoms with Gasteiger partial charge >= 0.3 is 0 Å². The number of para-hydroxylation sites is 1. The number of nitrogens with one attached hydrogen (secondary N) is 1. The second kappa shape index (κ2) is 11.5. The van der Waals surface area contributed by atoms with Gasteiger partial charge in [0, 0.05) is 6.54 Å². The number of hydrogen-bond acceptors (Lipinski definition) is 5. The van der Waals surface area contributed by atoms with E-state index in [0.717, 1.165) is 38.1 Å². The molecule has 1 saturated heterocycles. The van der Waals surface area contributed by atoms with Gasteiger partial charge in [0.15, 0.2) is 11.5 Å². The molecular weight excluding hydrogens is 378 g/mol. The maximum atomic E-state index is 5.91. The van der Waals surface area contributed by atoms with Crippen LogP contribution in [-0.4, -0.2) is 40.5 Å². The third-order valence-electron chi connectivity index (χ3n) is 5.58. The quantitative estimate of drug-likeness (QED) is 0.424. The highest BCUT2D eigenvalue weighted by molar-refractivity contribution is 5.51. The highest BCUT2D eigenvalue weighted by Gasteiger charge is 2.23. The van der Waals surface area contributed by atoms with Gasteiger partial charge < -0.3 is 24.3 Å². The molecule has 0 bridgehead atoms.